The lowest BCUT2D eigenvalue weighted by Gasteiger charge is -2.25. The zero-order valence-electron chi connectivity index (χ0n) is 33.3. The number of hydrogen-bond acceptors (Lipinski definition) is 9. The average Bonchev–Trinajstić information content (AvgIpc) is 3.98. The van der Waals surface area contributed by atoms with Gasteiger partial charge in [-0.3, -0.25) is 9.59 Å². The van der Waals surface area contributed by atoms with Gasteiger partial charge in [-0.05, 0) is 83.8 Å². The van der Waals surface area contributed by atoms with Crippen molar-refractivity contribution in [3.05, 3.63) is 149 Å². The number of rotatable bonds is 17. The van der Waals surface area contributed by atoms with Crippen LogP contribution in [0.1, 0.15) is 58.4 Å². The minimum atomic E-state index is -1.39. The summed E-state index contributed by atoms with van der Waals surface area (Å²) < 4.78 is 7.55. The van der Waals surface area contributed by atoms with Crippen molar-refractivity contribution in [2.75, 3.05) is 5.73 Å². The predicted octanol–water partition coefficient (Wildman–Crippen LogP) is 6.15. The molecule has 15 heteroatoms. The monoisotopic (exact) mass is 809 g/mol. The molecular weight excluding hydrogens is 763 g/mol. The molecule has 0 fully saturated rings. The van der Waals surface area contributed by atoms with E-state index in [0.717, 1.165) is 38.7 Å². The molecule has 15 nitrogen and oxygen atoms in total. The SMILES string of the molecule is Cc1cc(O)cc(C)c1C[C@H](NC(=O)[C@@H](CCCn1ccnc1N)NC(=O)O)C(=O)N[C@@H](Cc1c[nH]c2ccccc12)c1nc(Cc2ccc(-c3ccccc3)cc2)no1. The summed E-state index contributed by atoms with van der Waals surface area (Å²) in [5.41, 5.74) is 13.0. The minimum Gasteiger partial charge on any atom is -0.508 e. The highest BCUT2D eigenvalue weighted by Crippen LogP contribution is 2.27. The molecule has 0 bridgehead atoms. The second-order valence-electron chi connectivity index (χ2n) is 14.9. The van der Waals surface area contributed by atoms with E-state index < -0.39 is 36.0 Å². The molecule has 3 amide bonds. The Bertz CT molecular complexity index is 2560. The summed E-state index contributed by atoms with van der Waals surface area (Å²) in [4.78, 5) is 52.5. The summed E-state index contributed by atoms with van der Waals surface area (Å²) in [6.45, 7) is 4.02. The van der Waals surface area contributed by atoms with E-state index in [9.17, 15) is 24.6 Å². The summed E-state index contributed by atoms with van der Waals surface area (Å²) in [6.07, 6.45) is 4.92. The number of hydrogen-bond donors (Lipinski definition) is 7. The Morgan fingerprint density at radius 2 is 1.57 bits per heavy atom. The van der Waals surface area contributed by atoms with Crippen LogP contribution in [0, 0.1) is 13.8 Å². The molecule has 3 heterocycles. The Morgan fingerprint density at radius 3 is 2.28 bits per heavy atom. The number of phenolic OH excluding ortho intramolecular Hbond substituents is 1. The number of H-pyrrole nitrogens is 1. The average molecular weight is 810 g/mol. The van der Waals surface area contributed by atoms with Crippen LogP contribution in [-0.2, 0) is 35.4 Å². The molecule has 8 N–H and O–H groups in total. The van der Waals surface area contributed by atoms with Crippen LogP contribution in [0.2, 0.25) is 0 Å². The largest absolute Gasteiger partial charge is 0.508 e. The summed E-state index contributed by atoms with van der Waals surface area (Å²) >= 11 is 0. The predicted molar refractivity (Wildman–Crippen MR) is 226 cm³/mol. The molecule has 0 aliphatic carbocycles. The number of nitrogens with two attached hydrogens (primary N) is 1. The lowest BCUT2D eigenvalue weighted by Crippen LogP contribution is -2.55. The van der Waals surface area contributed by atoms with Gasteiger partial charge in [-0.2, -0.15) is 4.98 Å². The Labute approximate surface area is 346 Å². The number of fused-ring (bicyclic) bond motifs is 1. The van der Waals surface area contributed by atoms with Crippen LogP contribution in [0.5, 0.6) is 5.75 Å². The normalized spacial score (nSPS) is 12.8. The maximum absolute atomic E-state index is 14.6. The molecule has 0 saturated heterocycles. The van der Waals surface area contributed by atoms with Gasteiger partial charge in [0, 0.05) is 55.3 Å². The smallest absolute Gasteiger partial charge is 0.405 e. The summed E-state index contributed by atoms with van der Waals surface area (Å²) in [5.74, 6) is -0.271. The Hall–Kier alpha value is -7.42. The van der Waals surface area contributed by atoms with Crippen LogP contribution in [-0.4, -0.2) is 64.9 Å². The standard InChI is InChI=1S/C45H47N9O6/c1-27-21-33(55)22-28(2)35(27)25-38(49-41(56)37(51-45(58)59)13-8-19-54-20-18-47-44(54)46)42(57)50-39(24-32-26-48-36-12-7-6-11-34(32)36)43-52-40(53-60-43)23-29-14-16-31(17-15-29)30-9-4-3-5-10-30/h3-7,9-12,14-18,20-22,26,37-39,48,51,55H,8,13,19,23-25H2,1-2H3,(H2,46,47)(H,49,56)(H,50,57)(H,58,59)/t37-,38+,39+/m1/s1. The Morgan fingerprint density at radius 1 is 0.867 bits per heavy atom. The second kappa shape index (κ2) is 18.4. The number of carboxylic acid groups (broad SMARTS) is 1. The highest BCUT2D eigenvalue weighted by Gasteiger charge is 2.31. The fourth-order valence-corrected chi connectivity index (χ4v) is 7.49. The highest BCUT2D eigenvalue weighted by molar-refractivity contribution is 5.91. The maximum atomic E-state index is 14.6. The van der Waals surface area contributed by atoms with E-state index in [2.05, 4.69) is 43.2 Å². The molecule has 0 spiro atoms. The number of imidazole rings is 1. The molecule has 60 heavy (non-hydrogen) atoms. The van der Waals surface area contributed by atoms with Crippen LogP contribution < -0.4 is 21.7 Å². The number of nitrogens with one attached hydrogen (secondary N) is 4. The zero-order chi connectivity index (χ0) is 42.2. The van der Waals surface area contributed by atoms with Gasteiger partial charge in [0.05, 0.1) is 0 Å². The van der Waals surface area contributed by atoms with Crippen LogP contribution in [0.15, 0.2) is 114 Å². The van der Waals surface area contributed by atoms with Crippen molar-refractivity contribution in [2.24, 2.45) is 0 Å². The second-order valence-corrected chi connectivity index (χ2v) is 14.9. The number of carbonyl (C=O) groups is 3. The number of aromatic nitrogens is 5. The van der Waals surface area contributed by atoms with E-state index in [-0.39, 0.29) is 30.9 Å². The van der Waals surface area contributed by atoms with E-state index in [4.69, 9.17) is 15.2 Å². The molecule has 0 unspecified atom stereocenters. The summed E-state index contributed by atoms with van der Waals surface area (Å²) in [5, 5.41) is 33.4. The van der Waals surface area contributed by atoms with Gasteiger partial charge in [-0.1, -0.05) is 78.0 Å². The van der Waals surface area contributed by atoms with E-state index in [1.54, 1.807) is 29.1 Å². The molecule has 0 saturated carbocycles. The van der Waals surface area contributed by atoms with E-state index in [0.29, 0.717) is 42.3 Å². The molecule has 3 aromatic heterocycles. The molecule has 0 aliphatic heterocycles. The number of amides is 3. The van der Waals surface area contributed by atoms with Crippen molar-refractivity contribution in [1.29, 1.82) is 0 Å². The summed E-state index contributed by atoms with van der Waals surface area (Å²) in [6, 6.07) is 26.0. The van der Waals surface area contributed by atoms with Crippen LogP contribution in [0.4, 0.5) is 10.7 Å². The first-order chi connectivity index (χ1) is 29.0. The number of nitrogen functional groups attached to an aromatic ring is 1. The molecule has 308 valence electrons. The number of para-hydroxylation sites is 1. The van der Waals surface area contributed by atoms with Gasteiger partial charge in [-0.25, -0.2) is 9.78 Å². The molecule has 4 aromatic carbocycles. The summed E-state index contributed by atoms with van der Waals surface area (Å²) in [7, 11) is 0. The molecule has 3 atom stereocenters. The van der Waals surface area contributed by atoms with Crippen molar-refractivity contribution >= 4 is 34.8 Å². The van der Waals surface area contributed by atoms with Crippen molar-refractivity contribution in [1.82, 2.24) is 40.6 Å². The minimum absolute atomic E-state index is 0.0365. The van der Waals surface area contributed by atoms with Gasteiger partial charge >= 0.3 is 6.09 Å². The lowest BCUT2D eigenvalue weighted by atomic mass is 9.95. The maximum Gasteiger partial charge on any atom is 0.405 e. The van der Waals surface area contributed by atoms with E-state index in [1.807, 2.05) is 86.8 Å². The number of anilines is 1. The van der Waals surface area contributed by atoms with Crippen LogP contribution in [0.25, 0.3) is 22.0 Å². The lowest BCUT2D eigenvalue weighted by molar-refractivity contribution is -0.130. The highest BCUT2D eigenvalue weighted by atomic mass is 16.5. The van der Waals surface area contributed by atoms with Gasteiger partial charge in [0.25, 0.3) is 0 Å². The van der Waals surface area contributed by atoms with Crippen LogP contribution >= 0.6 is 0 Å². The van der Waals surface area contributed by atoms with Gasteiger partial charge in [0.15, 0.2) is 11.8 Å². The molecule has 0 aliphatic rings. The Balaban J connectivity index is 1.16. The molecule has 7 rings (SSSR count). The zero-order valence-corrected chi connectivity index (χ0v) is 33.3. The van der Waals surface area contributed by atoms with Crippen molar-refractivity contribution in [3.63, 3.8) is 0 Å². The topological polar surface area (TPSA) is 226 Å². The fourth-order valence-electron chi connectivity index (χ4n) is 7.49. The third-order valence-electron chi connectivity index (χ3n) is 10.6. The molecule has 0 radical (unpaired) electrons. The number of phenols is 1. The van der Waals surface area contributed by atoms with Gasteiger partial charge < -0.3 is 46.0 Å². The number of benzene rings is 4. The van der Waals surface area contributed by atoms with Crippen molar-refractivity contribution in [2.45, 2.75) is 70.6 Å². The van der Waals surface area contributed by atoms with Gasteiger partial charge in [-0.15, -0.1) is 0 Å². The van der Waals surface area contributed by atoms with Crippen LogP contribution in [0.3, 0.4) is 0 Å². The van der Waals surface area contributed by atoms with E-state index in [1.165, 1.54) is 0 Å². The third kappa shape index (κ3) is 9.99. The first-order valence-corrected chi connectivity index (χ1v) is 19.7. The number of aromatic amines is 1. The van der Waals surface area contributed by atoms with Gasteiger partial charge in [0.1, 0.15) is 23.9 Å². The van der Waals surface area contributed by atoms with E-state index >= 15 is 0 Å². The quantitative estimate of drug-likeness (QED) is 0.0555. The van der Waals surface area contributed by atoms with Crippen molar-refractivity contribution < 1.29 is 29.1 Å². The third-order valence-corrected chi connectivity index (χ3v) is 10.6. The molecular formula is C45H47N9O6. The fraction of sp³-hybridized carbons (Fsp3) is 0.244. The first kappa shape index (κ1) is 40.8. The number of carbonyl (C=O) groups excluding carboxylic acids is 2. The number of nitrogens with zero attached hydrogens (tertiary/aromatic N) is 4. The first-order valence-electron chi connectivity index (χ1n) is 19.7. The van der Waals surface area contributed by atoms with Crippen molar-refractivity contribution in [3.8, 4) is 16.9 Å². The molecule has 7 aromatic rings. The number of aromatic hydroxyl groups is 1. The Kier molecular flexibility index (Phi) is 12.5. The van der Waals surface area contributed by atoms with Gasteiger partial charge in [0.2, 0.25) is 17.7 Å². The number of aryl methyl sites for hydroxylation is 3.